The number of anilines is 1. The number of benzene rings is 2. The van der Waals surface area contributed by atoms with Crippen LogP contribution in [-0.2, 0) is 6.54 Å². The summed E-state index contributed by atoms with van der Waals surface area (Å²) in [6.07, 6.45) is 4.09. The van der Waals surface area contributed by atoms with Gasteiger partial charge in [-0.1, -0.05) is 24.3 Å². The molecule has 1 aliphatic rings. The van der Waals surface area contributed by atoms with Crippen LogP contribution in [-0.4, -0.2) is 51.8 Å². The minimum atomic E-state index is -0.266. The third-order valence-corrected chi connectivity index (χ3v) is 5.97. The van der Waals surface area contributed by atoms with Gasteiger partial charge in [0.15, 0.2) is 11.4 Å². The van der Waals surface area contributed by atoms with Gasteiger partial charge >= 0.3 is 0 Å². The van der Waals surface area contributed by atoms with Gasteiger partial charge in [-0.3, -0.25) is 4.99 Å². The van der Waals surface area contributed by atoms with Gasteiger partial charge in [0.05, 0.1) is 24.1 Å². The number of hydrogen-bond donors (Lipinski definition) is 2. The molecule has 1 aliphatic heterocycles. The lowest BCUT2D eigenvalue weighted by atomic mass is 10.0. The Bertz CT molecular complexity index is 1120. The summed E-state index contributed by atoms with van der Waals surface area (Å²) in [5.74, 6) is 0.363. The van der Waals surface area contributed by atoms with Crippen molar-refractivity contribution >= 4 is 34.8 Å². The van der Waals surface area contributed by atoms with Crippen LogP contribution in [0.25, 0.3) is 11.0 Å². The highest BCUT2D eigenvalue weighted by Crippen LogP contribution is 2.28. The predicted molar refractivity (Wildman–Crippen MR) is 128 cm³/mol. The van der Waals surface area contributed by atoms with Crippen LogP contribution in [0.2, 0.25) is 0 Å². The maximum absolute atomic E-state index is 13.4. The summed E-state index contributed by atoms with van der Waals surface area (Å²) < 4.78 is 15.4. The van der Waals surface area contributed by atoms with E-state index in [1.54, 1.807) is 17.0 Å². The number of fused-ring (bicyclic) bond motifs is 1. The van der Waals surface area contributed by atoms with Gasteiger partial charge < -0.3 is 15.2 Å². The summed E-state index contributed by atoms with van der Waals surface area (Å²) in [4.78, 5) is 13.0. The summed E-state index contributed by atoms with van der Waals surface area (Å²) >= 11 is 4.00. The molecule has 9 heteroatoms. The Morgan fingerprint density at radius 3 is 2.62 bits per heavy atom. The molecule has 2 aromatic carbocycles. The number of amidine groups is 1. The summed E-state index contributed by atoms with van der Waals surface area (Å²) in [7, 11) is 0. The first kappa shape index (κ1) is 22.1. The topological polar surface area (TPSA) is 86.5 Å². The molecule has 0 unspecified atom stereocenters. The number of aliphatic imine (C=N–C) groups is 1. The van der Waals surface area contributed by atoms with Crippen molar-refractivity contribution in [2.45, 2.75) is 25.4 Å². The summed E-state index contributed by atoms with van der Waals surface area (Å²) in [6, 6.07) is 14.4. The number of imidazole rings is 1. The first-order chi connectivity index (χ1) is 15.5. The van der Waals surface area contributed by atoms with E-state index in [2.05, 4.69) is 28.7 Å². The van der Waals surface area contributed by atoms with Crippen LogP contribution < -0.4 is 10.6 Å². The molecule has 0 aliphatic carbocycles. The minimum Gasteiger partial charge on any atom is -0.379 e. The molecular formula is C23H26FN7S. The summed E-state index contributed by atoms with van der Waals surface area (Å²) in [6.45, 7) is 3.71. The first-order valence-corrected chi connectivity index (χ1v) is 11.1. The lowest BCUT2D eigenvalue weighted by Crippen LogP contribution is -2.44. The van der Waals surface area contributed by atoms with Crippen LogP contribution in [0.4, 0.5) is 10.3 Å². The zero-order valence-electron chi connectivity index (χ0n) is 17.7. The van der Waals surface area contributed by atoms with Crippen molar-refractivity contribution in [2.75, 3.05) is 31.1 Å². The fourth-order valence-corrected chi connectivity index (χ4v) is 4.27. The van der Waals surface area contributed by atoms with Crippen LogP contribution >= 0.6 is 12.6 Å². The fraction of sp³-hybridized carbons (Fsp3) is 0.348. The van der Waals surface area contributed by atoms with Gasteiger partial charge in [0, 0.05) is 25.7 Å². The van der Waals surface area contributed by atoms with Crippen molar-refractivity contribution in [3.05, 3.63) is 59.9 Å². The largest absolute Gasteiger partial charge is 0.379 e. The Hall–Kier alpha value is -3.09. The number of hydrogen-bond acceptors (Lipinski definition) is 5. The zero-order chi connectivity index (χ0) is 22.5. The van der Waals surface area contributed by atoms with E-state index >= 15 is 0 Å². The highest BCUT2D eigenvalue weighted by molar-refractivity contribution is 7.96. The number of likely N-dealkylation sites (tertiary alicyclic amines) is 1. The lowest BCUT2D eigenvalue weighted by molar-refractivity contribution is 0.218. The molecule has 32 heavy (non-hydrogen) atoms. The number of nitriles is 1. The molecular weight excluding hydrogens is 425 g/mol. The third-order valence-electron chi connectivity index (χ3n) is 5.82. The van der Waals surface area contributed by atoms with E-state index in [-0.39, 0.29) is 11.9 Å². The Labute approximate surface area is 192 Å². The number of thiol groups is 1. The first-order valence-electron chi connectivity index (χ1n) is 10.6. The number of aromatic nitrogens is 2. The molecule has 0 radical (unpaired) electrons. The fourth-order valence-electron chi connectivity index (χ4n) is 4.17. The van der Waals surface area contributed by atoms with Gasteiger partial charge in [0.2, 0.25) is 5.95 Å². The van der Waals surface area contributed by atoms with Crippen molar-refractivity contribution in [3.8, 4) is 6.19 Å². The average Bonchev–Trinajstić information content (AvgIpc) is 3.15. The van der Waals surface area contributed by atoms with E-state index in [1.807, 2.05) is 28.8 Å². The van der Waals surface area contributed by atoms with E-state index in [4.69, 9.17) is 10.7 Å². The monoisotopic (exact) mass is 451 g/mol. The van der Waals surface area contributed by atoms with Crippen molar-refractivity contribution in [1.82, 2.24) is 14.5 Å². The Kier molecular flexibility index (Phi) is 6.93. The molecule has 0 atom stereocenters. The van der Waals surface area contributed by atoms with E-state index in [0.29, 0.717) is 24.2 Å². The van der Waals surface area contributed by atoms with Crippen molar-refractivity contribution < 1.29 is 4.39 Å². The number of halogens is 1. The van der Waals surface area contributed by atoms with Crippen LogP contribution in [0.5, 0.6) is 0 Å². The molecule has 0 spiro atoms. The molecule has 1 aromatic heterocycles. The molecule has 2 heterocycles. The maximum Gasteiger partial charge on any atom is 0.220 e. The second-order valence-corrected chi connectivity index (χ2v) is 8.35. The molecule has 166 valence electrons. The number of para-hydroxylation sites is 2. The quantitative estimate of drug-likeness (QED) is 0.189. The van der Waals surface area contributed by atoms with E-state index in [0.717, 1.165) is 49.1 Å². The van der Waals surface area contributed by atoms with E-state index in [9.17, 15) is 9.65 Å². The lowest BCUT2D eigenvalue weighted by Gasteiger charge is -2.35. The normalized spacial score (nSPS) is 15.7. The van der Waals surface area contributed by atoms with Crippen LogP contribution in [0.1, 0.15) is 18.4 Å². The molecule has 0 saturated carbocycles. The zero-order valence-corrected chi connectivity index (χ0v) is 18.6. The van der Waals surface area contributed by atoms with Gasteiger partial charge in [-0.2, -0.15) is 5.26 Å². The Morgan fingerprint density at radius 1 is 1.22 bits per heavy atom. The molecule has 4 rings (SSSR count). The summed E-state index contributed by atoms with van der Waals surface area (Å²) in [5, 5.41) is 10.4. The SMILES string of the molecule is N#CN(c1nc2ccccc2n1Cc1ccc(F)cc1)C1CCN(CCN=C(N)S)CC1. The van der Waals surface area contributed by atoms with Crippen molar-refractivity contribution in [1.29, 1.82) is 5.26 Å². The average molecular weight is 452 g/mol. The molecule has 2 N–H and O–H groups in total. The van der Waals surface area contributed by atoms with Gasteiger partial charge in [-0.25, -0.2) is 14.3 Å². The molecule has 0 bridgehead atoms. The Balaban J connectivity index is 1.56. The highest BCUT2D eigenvalue weighted by Gasteiger charge is 2.28. The highest BCUT2D eigenvalue weighted by atomic mass is 32.1. The number of rotatable bonds is 7. The summed E-state index contributed by atoms with van der Waals surface area (Å²) in [5.41, 5.74) is 8.23. The van der Waals surface area contributed by atoms with Gasteiger partial charge in [0.25, 0.3) is 0 Å². The molecule has 1 fully saturated rings. The standard InChI is InChI=1S/C23H26FN7S/c24-18-7-5-17(6-8-18)15-30-21-4-2-1-3-20(21)28-23(30)31(16-25)19-9-12-29(13-10-19)14-11-27-22(26)32/h1-8,19H,9-15H2,(H3,26,27,32). The van der Waals surface area contributed by atoms with E-state index < -0.39 is 0 Å². The minimum absolute atomic E-state index is 0.0680. The molecule has 1 saturated heterocycles. The number of nitrogens with two attached hydrogens (primary N) is 1. The second-order valence-electron chi connectivity index (χ2n) is 7.90. The molecule has 3 aromatic rings. The predicted octanol–water partition coefficient (Wildman–Crippen LogP) is 3.22. The van der Waals surface area contributed by atoms with Crippen LogP contribution in [0.3, 0.4) is 0 Å². The molecule has 7 nitrogen and oxygen atoms in total. The maximum atomic E-state index is 13.4. The molecule has 0 amide bonds. The van der Waals surface area contributed by atoms with E-state index in [1.165, 1.54) is 12.1 Å². The van der Waals surface area contributed by atoms with Crippen molar-refractivity contribution in [3.63, 3.8) is 0 Å². The van der Waals surface area contributed by atoms with Crippen molar-refractivity contribution in [2.24, 2.45) is 10.7 Å². The smallest absolute Gasteiger partial charge is 0.220 e. The second kappa shape index (κ2) is 10.0. The third kappa shape index (κ3) is 5.03. The number of piperidine rings is 1. The number of nitrogens with zero attached hydrogens (tertiary/aromatic N) is 6. The van der Waals surface area contributed by atoms with Gasteiger partial charge in [0.1, 0.15) is 5.82 Å². The van der Waals surface area contributed by atoms with Crippen LogP contribution in [0, 0.1) is 17.3 Å². The Morgan fingerprint density at radius 2 is 1.94 bits per heavy atom. The van der Waals surface area contributed by atoms with Gasteiger partial charge in [-0.15, -0.1) is 12.6 Å². The van der Waals surface area contributed by atoms with Crippen LogP contribution in [0.15, 0.2) is 53.5 Å². The van der Waals surface area contributed by atoms with Gasteiger partial charge in [-0.05, 0) is 42.7 Å².